The molecule has 1 saturated heterocycles. The molecule has 0 saturated carbocycles. The highest BCUT2D eigenvalue weighted by Crippen LogP contribution is 2.27. The lowest BCUT2D eigenvalue weighted by Crippen LogP contribution is -2.40. The molecule has 2 heterocycles. The number of rotatable bonds is 7. The second-order valence-electron chi connectivity index (χ2n) is 7.40. The van der Waals surface area contributed by atoms with Gasteiger partial charge in [-0.3, -0.25) is 19.4 Å². The number of nitrogens with zero attached hydrogens (tertiary/aromatic N) is 3. The molecule has 4 amide bonds. The zero-order chi connectivity index (χ0) is 21.3. The summed E-state index contributed by atoms with van der Waals surface area (Å²) < 4.78 is 5.93. The molecule has 1 aromatic heterocycles. The van der Waals surface area contributed by atoms with E-state index in [9.17, 15) is 14.4 Å². The molecule has 0 aliphatic carbocycles. The Labute approximate surface area is 174 Å². The number of carbonyl (C=O) groups is 3. The summed E-state index contributed by atoms with van der Waals surface area (Å²) in [6.07, 6.45) is 0.739. The van der Waals surface area contributed by atoms with Gasteiger partial charge >= 0.3 is 17.8 Å². The van der Waals surface area contributed by atoms with Crippen molar-refractivity contribution in [3.63, 3.8) is 0 Å². The van der Waals surface area contributed by atoms with Gasteiger partial charge in [-0.25, -0.2) is 9.69 Å². The van der Waals surface area contributed by atoms with Crippen LogP contribution < -0.4 is 0 Å². The maximum atomic E-state index is 12.8. The third-order valence-electron chi connectivity index (χ3n) is 5.23. The molecule has 0 unspecified atom stereocenters. The number of carbonyl (C=O) groups excluding carboxylic acids is 3. The molecule has 1 aliphatic heterocycles. The number of fused-ring (bicyclic) bond motifs is 1. The van der Waals surface area contributed by atoms with Crippen molar-refractivity contribution in [2.45, 2.75) is 26.4 Å². The van der Waals surface area contributed by atoms with Gasteiger partial charge in [-0.2, -0.15) is 0 Å². The van der Waals surface area contributed by atoms with Gasteiger partial charge in [0.25, 0.3) is 0 Å². The number of hydrogen-bond acceptors (Lipinski definition) is 5. The molecule has 1 fully saturated rings. The topological polar surface area (TPSA) is 74.1 Å². The van der Waals surface area contributed by atoms with Crippen molar-refractivity contribution >= 4 is 28.8 Å². The number of furan rings is 1. The zero-order valence-corrected chi connectivity index (χ0v) is 17.0. The summed E-state index contributed by atoms with van der Waals surface area (Å²) >= 11 is 0. The molecular weight excluding hydrogens is 382 g/mol. The van der Waals surface area contributed by atoms with E-state index in [1.165, 1.54) is 0 Å². The van der Waals surface area contributed by atoms with Crippen LogP contribution in [0, 0.1) is 0 Å². The van der Waals surface area contributed by atoms with Crippen LogP contribution in [0.3, 0.4) is 0 Å². The van der Waals surface area contributed by atoms with E-state index in [0.717, 1.165) is 44.1 Å². The van der Waals surface area contributed by atoms with Crippen LogP contribution in [0.2, 0.25) is 0 Å². The normalized spacial score (nSPS) is 14.6. The molecule has 1 aliphatic rings. The zero-order valence-electron chi connectivity index (χ0n) is 17.0. The maximum Gasteiger partial charge on any atom is 0.335 e. The lowest BCUT2D eigenvalue weighted by molar-refractivity contribution is -0.144. The fourth-order valence-electron chi connectivity index (χ4n) is 3.75. The van der Waals surface area contributed by atoms with Gasteiger partial charge in [0.05, 0.1) is 13.2 Å². The van der Waals surface area contributed by atoms with E-state index < -0.39 is 17.8 Å². The first-order valence-electron chi connectivity index (χ1n) is 9.88. The predicted octanol–water partition coefficient (Wildman–Crippen LogP) is 3.38. The molecular formula is C23H23N3O4. The van der Waals surface area contributed by atoms with Crippen molar-refractivity contribution in [3.05, 3.63) is 71.5 Å². The molecule has 4 rings (SSSR count). The molecule has 7 heteroatoms. The molecule has 0 radical (unpaired) electrons. The van der Waals surface area contributed by atoms with Crippen molar-refractivity contribution < 1.29 is 18.8 Å². The van der Waals surface area contributed by atoms with Crippen molar-refractivity contribution in [1.82, 2.24) is 14.7 Å². The monoisotopic (exact) mass is 405 g/mol. The first-order chi connectivity index (χ1) is 14.5. The Hall–Kier alpha value is -3.45. The van der Waals surface area contributed by atoms with E-state index in [0.29, 0.717) is 6.54 Å². The number of hydrogen-bond donors (Lipinski definition) is 0. The predicted molar refractivity (Wildman–Crippen MR) is 111 cm³/mol. The Bertz CT molecular complexity index is 1110. The number of imide groups is 2. The summed E-state index contributed by atoms with van der Waals surface area (Å²) in [5.41, 5.74) is 2.64. The van der Waals surface area contributed by atoms with Gasteiger partial charge < -0.3 is 4.42 Å². The van der Waals surface area contributed by atoms with E-state index in [-0.39, 0.29) is 13.2 Å². The van der Waals surface area contributed by atoms with Gasteiger partial charge in [0.1, 0.15) is 11.3 Å². The summed E-state index contributed by atoms with van der Waals surface area (Å²) in [5.74, 6) is -0.709. The van der Waals surface area contributed by atoms with Gasteiger partial charge in [-0.05, 0) is 18.7 Å². The number of benzene rings is 2. The number of aryl methyl sites for hydroxylation is 1. The third-order valence-corrected chi connectivity index (χ3v) is 5.23. The second kappa shape index (κ2) is 8.12. The number of para-hydroxylation sites is 1. The second-order valence-corrected chi connectivity index (χ2v) is 7.40. The summed E-state index contributed by atoms with van der Waals surface area (Å²) in [7, 11) is 1.81. The van der Waals surface area contributed by atoms with E-state index in [1.54, 1.807) is 0 Å². The minimum absolute atomic E-state index is 0.0252. The van der Waals surface area contributed by atoms with Crippen LogP contribution in [0.5, 0.6) is 0 Å². The Kier molecular flexibility index (Phi) is 5.37. The average Bonchev–Trinajstić information content (AvgIpc) is 3.20. The van der Waals surface area contributed by atoms with E-state index in [4.69, 9.17) is 4.42 Å². The highest BCUT2D eigenvalue weighted by Gasteiger charge is 2.44. The van der Waals surface area contributed by atoms with Crippen LogP contribution in [-0.4, -0.2) is 46.3 Å². The smallest absolute Gasteiger partial charge is 0.335 e. The number of amides is 4. The van der Waals surface area contributed by atoms with Gasteiger partial charge in [-0.15, -0.1) is 0 Å². The molecule has 0 atom stereocenters. The van der Waals surface area contributed by atoms with Crippen LogP contribution in [0.15, 0.2) is 59.0 Å². The third kappa shape index (κ3) is 3.59. The molecule has 0 bridgehead atoms. The summed E-state index contributed by atoms with van der Waals surface area (Å²) in [6.45, 7) is 2.62. The molecule has 3 aromatic rings. The van der Waals surface area contributed by atoms with Crippen molar-refractivity contribution in [1.29, 1.82) is 0 Å². The number of urea groups is 1. The Morgan fingerprint density at radius 3 is 2.30 bits per heavy atom. The van der Waals surface area contributed by atoms with Crippen LogP contribution in [0.1, 0.15) is 23.8 Å². The SMILES string of the molecule is CCc1oc2ccccc2c1CN(C)CN1C(=O)C(=O)N(Cc2ccccc2)C1=O. The molecule has 154 valence electrons. The minimum Gasteiger partial charge on any atom is -0.461 e. The van der Waals surface area contributed by atoms with Crippen LogP contribution in [-0.2, 0) is 29.1 Å². The van der Waals surface area contributed by atoms with Gasteiger partial charge in [0, 0.05) is 23.9 Å². The maximum absolute atomic E-state index is 12.8. The standard InChI is InChI=1S/C23H23N3O4/c1-3-19-18(17-11-7-8-12-20(17)30-19)14-24(2)15-26-22(28)21(27)25(23(26)29)13-16-9-5-4-6-10-16/h4-12H,3,13-15H2,1-2H3. The molecule has 0 N–H and O–H groups in total. The summed E-state index contributed by atoms with van der Waals surface area (Å²) in [5, 5.41) is 1.02. The fourth-order valence-corrected chi connectivity index (χ4v) is 3.75. The van der Waals surface area contributed by atoms with Gasteiger partial charge in [0.15, 0.2) is 0 Å². The first-order valence-corrected chi connectivity index (χ1v) is 9.88. The molecule has 0 spiro atoms. The van der Waals surface area contributed by atoms with E-state index in [2.05, 4.69) is 0 Å². The van der Waals surface area contributed by atoms with Crippen LogP contribution in [0.25, 0.3) is 11.0 Å². The minimum atomic E-state index is -0.796. The highest BCUT2D eigenvalue weighted by molar-refractivity contribution is 6.44. The Morgan fingerprint density at radius 1 is 0.900 bits per heavy atom. The average molecular weight is 405 g/mol. The quantitative estimate of drug-likeness (QED) is 0.445. The first kappa shape index (κ1) is 19.8. The summed E-state index contributed by atoms with van der Waals surface area (Å²) in [4.78, 5) is 41.4. The van der Waals surface area contributed by atoms with Crippen molar-refractivity contribution in [2.24, 2.45) is 0 Å². The van der Waals surface area contributed by atoms with Crippen molar-refractivity contribution in [2.75, 3.05) is 13.7 Å². The Morgan fingerprint density at radius 2 is 1.57 bits per heavy atom. The molecule has 2 aromatic carbocycles. The lowest BCUT2D eigenvalue weighted by Gasteiger charge is -2.22. The van der Waals surface area contributed by atoms with E-state index in [1.807, 2.05) is 73.5 Å². The van der Waals surface area contributed by atoms with Crippen LogP contribution >= 0.6 is 0 Å². The highest BCUT2D eigenvalue weighted by atomic mass is 16.3. The van der Waals surface area contributed by atoms with Gasteiger partial charge in [0.2, 0.25) is 0 Å². The lowest BCUT2D eigenvalue weighted by atomic mass is 10.1. The molecule has 30 heavy (non-hydrogen) atoms. The largest absolute Gasteiger partial charge is 0.461 e. The van der Waals surface area contributed by atoms with E-state index >= 15 is 0 Å². The fraction of sp³-hybridized carbons (Fsp3) is 0.261. The van der Waals surface area contributed by atoms with Crippen LogP contribution in [0.4, 0.5) is 4.79 Å². The summed E-state index contributed by atoms with van der Waals surface area (Å²) in [6, 6.07) is 16.3. The van der Waals surface area contributed by atoms with Crippen molar-refractivity contribution in [3.8, 4) is 0 Å². The molecule has 7 nitrogen and oxygen atoms in total. The Balaban J connectivity index is 1.49. The van der Waals surface area contributed by atoms with Gasteiger partial charge in [-0.1, -0.05) is 55.5 Å².